The van der Waals surface area contributed by atoms with Gasteiger partial charge in [0.15, 0.2) is 0 Å². The average Bonchev–Trinajstić information content (AvgIpc) is 0.781. The lowest BCUT2D eigenvalue weighted by Gasteiger charge is -2.10. The normalized spacial score (nSPS) is 10.6. The van der Waals surface area contributed by atoms with Gasteiger partial charge in [-0.15, -0.1) is 0 Å². The lowest BCUT2D eigenvalue weighted by atomic mass is 9.94. The van der Waals surface area contributed by atoms with E-state index in [1.807, 2.05) is 6.07 Å². The average molecular weight is 1310 g/mol. The van der Waals surface area contributed by atoms with E-state index in [0.717, 1.165) is 0 Å². The molecular weight excluding hydrogens is 1230 g/mol. The first-order valence-electron chi connectivity index (χ1n) is 35.4. The molecule has 0 saturated heterocycles. The molecule has 102 heavy (non-hydrogen) atoms. The Labute approximate surface area is 602 Å². The zero-order valence-corrected chi connectivity index (χ0v) is 59.1. The van der Waals surface area contributed by atoms with Crippen molar-refractivity contribution < 1.29 is 0 Å². The van der Waals surface area contributed by atoms with E-state index in [1.54, 1.807) is 0 Å². The van der Waals surface area contributed by atoms with E-state index in [9.17, 15) is 0 Å². The molecular formula is C102H84. The lowest BCUT2D eigenvalue weighted by Crippen LogP contribution is -1.85. The molecule has 18 aromatic rings. The number of hydrogen-bond acceptors (Lipinski definition) is 0. The highest BCUT2D eigenvalue weighted by Crippen LogP contribution is 2.35. The van der Waals surface area contributed by atoms with Gasteiger partial charge in [0.25, 0.3) is 0 Å². The Morgan fingerprint density at radius 3 is 1.08 bits per heavy atom. The highest BCUT2D eigenvalue weighted by atomic mass is 14.1. The Balaban J connectivity index is 0.000000109. The Bertz CT molecular complexity index is 5800. The van der Waals surface area contributed by atoms with E-state index < -0.39 is 0 Å². The summed E-state index contributed by atoms with van der Waals surface area (Å²) in [6.45, 7) is 12.9. The van der Waals surface area contributed by atoms with Gasteiger partial charge in [-0.2, -0.15) is 0 Å². The second-order valence-electron chi connectivity index (χ2n) is 26.4. The topological polar surface area (TPSA) is 0 Å². The summed E-state index contributed by atoms with van der Waals surface area (Å²) in [5.41, 5.74) is 23.4. The van der Waals surface area contributed by atoms with Gasteiger partial charge in [-0.25, -0.2) is 0 Å². The summed E-state index contributed by atoms with van der Waals surface area (Å²) in [5, 5.41) is 15.7. The van der Waals surface area contributed by atoms with E-state index in [4.69, 9.17) is 0 Å². The molecule has 18 aromatic carbocycles. The first-order valence-corrected chi connectivity index (χ1v) is 35.4. The Hall–Kier alpha value is -12.5. The van der Waals surface area contributed by atoms with Crippen molar-refractivity contribution in [3.8, 4) is 66.8 Å². The molecule has 0 amide bonds. The summed E-state index contributed by atoms with van der Waals surface area (Å²) in [5.74, 6) is 0. The van der Waals surface area contributed by atoms with Gasteiger partial charge >= 0.3 is 0 Å². The molecule has 0 fully saturated rings. The van der Waals surface area contributed by atoms with E-state index in [-0.39, 0.29) is 0 Å². The van der Waals surface area contributed by atoms with Crippen molar-refractivity contribution in [1.29, 1.82) is 0 Å². The third-order valence-electron chi connectivity index (χ3n) is 18.9. The number of benzene rings is 18. The van der Waals surface area contributed by atoms with Crippen LogP contribution in [0.2, 0.25) is 0 Å². The summed E-state index contributed by atoms with van der Waals surface area (Å²) in [7, 11) is 0. The molecule has 0 spiro atoms. The predicted molar refractivity (Wildman–Crippen MR) is 445 cm³/mol. The lowest BCUT2D eigenvalue weighted by molar-refractivity contribution is 1.46. The fraction of sp³-hybridized carbons (Fsp3) is 0.0588. The van der Waals surface area contributed by atoms with Crippen LogP contribution in [0.5, 0.6) is 0 Å². The third kappa shape index (κ3) is 17.0. The van der Waals surface area contributed by atoms with Crippen molar-refractivity contribution in [2.24, 2.45) is 0 Å². The van der Waals surface area contributed by atoms with Crippen molar-refractivity contribution in [1.82, 2.24) is 0 Å². The molecule has 0 heteroatoms. The second kappa shape index (κ2) is 32.9. The van der Waals surface area contributed by atoms with Crippen molar-refractivity contribution in [2.75, 3.05) is 0 Å². The maximum Gasteiger partial charge on any atom is -0.00761 e. The van der Waals surface area contributed by atoms with Gasteiger partial charge in [0, 0.05) is 0 Å². The fourth-order valence-corrected chi connectivity index (χ4v) is 13.5. The van der Waals surface area contributed by atoms with Crippen LogP contribution < -0.4 is 0 Å². The first-order chi connectivity index (χ1) is 50.0. The number of hydrogen-bond donors (Lipinski definition) is 0. The summed E-state index contributed by atoms with van der Waals surface area (Å²) < 4.78 is 0. The van der Waals surface area contributed by atoms with Crippen molar-refractivity contribution in [3.63, 3.8) is 0 Å². The molecule has 492 valence electrons. The Morgan fingerprint density at radius 1 is 0.147 bits per heavy atom. The van der Waals surface area contributed by atoms with Crippen LogP contribution in [0.1, 0.15) is 33.4 Å². The summed E-state index contributed by atoms with van der Waals surface area (Å²) in [4.78, 5) is 0. The molecule has 0 aliphatic heterocycles. The fourth-order valence-electron chi connectivity index (χ4n) is 13.5. The van der Waals surface area contributed by atoms with E-state index in [1.165, 1.54) is 165 Å². The zero-order chi connectivity index (χ0) is 70.0. The van der Waals surface area contributed by atoms with Crippen LogP contribution in [0, 0.1) is 41.5 Å². The number of fused-ring (bicyclic) bond motifs is 6. The van der Waals surface area contributed by atoms with Crippen LogP contribution >= 0.6 is 0 Å². The molecule has 0 aliphatic carbocycles. The van der Waals surface area contributed by atoms with Gasteiger partial charge in [-0.1, -0.05) is 393 Å². The monoisotopic (exact) mass is 1310 g/mol. The number of rotatable bonds is 6. The van der Waals surface area contributed by atoms with Crippen LogP contribution in [0.3, 0.4) is 0 Å². The summed E-state index contributed by atoms with van der Waals surface area (Å²) in [6, 6.07) is 142. The molecule has 0 aliphatic rings. The molecule has 0 saturated carbocycles. The molecule has 0 heterocycles. The molecule has 0 aromatic heterocycles. The second-order valence-corrected chi connectivity index (χ2v) is 26.4. The Morgan fingerprint density at radius 2 is 0.490 bits per heavy atom. The SMILES string of the molecule is Cc1ccc(-c2ccc3ccccc3c2)cc1.Cc1ccc2cc(-c3ccccc3)ccc2c1.Cc1ccc2ccccc2c1-c1ccccc1.Cc1cccc(-c2ccc3ccccc3c2)c1.Cc1cccc2cccc(-c3ccccc3)c12.Cc1ccccc1-c1ccc2ccccc2c1. The van der Waals surface area contributed by atoms with E-state index in [2.05, 4.69) is 436 Å². The summed E-state index contributed by atoms with van der Waals surface area (Å²) >= 11 is 0. The third-order valence-corrected chi connectivity index (χ3v) is 18.9. The van der Waals surface area contributed by atoms with E-state index >= 15 is 0 Å². The van der Waals surface area contributed by atoms with Crippen LogP contribution in [0.15, 0.2) is 400 Å². The van der Waals surface area contributed by atoms with E-state index in [0.29, 0.717) is 0 Å². The molecule has 0 N–H and O–H groups in total. The van der Waals surface area contributed by atoms with Gasteiger partial charge in [0.2, 0.25) is 0 Å². The largest absolute Gasteiger partial charge is 0.0622 e. The maximum absolute atomic E-state index is 2.26. The standard InChI is InChI=1S/6C17H14/c1-13-6-2-5-9-17(13)16-11-10-14-7-3-4-8-15(14)12-16;1-13-5-4-8-15(11-13)17-10-9-14-6-2-3-7-16(14)12-17;1-13-7-5-10-15-11-6-12-16(17(13)15)14-8-3-2-4-9-14;1-13-11-12-14-7-5-6-10-16(14)17(13)15-8-3-2-4-9-15;1-13-6-8-15(9-7-13)17-11-10-14-4-2-3-5-16(14)12-17;1-13-7-8-17-12-16(10-9-15(17)11-13)14-5-3-2-4-6-14/h6*2-12H,1H3. The molecule has 0 unspecified atom stereocenters. The minimum atomic E-state index is 1.27. The van der Waals surface area contributed by atoms with Crippen LogP contribution in [-0.2, 0) is 0 Å². The maximum atomic E-state index is 2.26. The van der Waals surface area contributed by atoms with Gasteiger partial charge in [-0.05, 0) is 214 Å². The van der Waals surface area contributed by atoms with Crippen molar-refractivity contribution in [2.45, 2.75) is 41.5 Å². The molecule has 0 atom stereocenters. The minimum absolute atomic E-state index is 1.27. The van der Waals surface area contributed by atoms with Crippen LogP contribution in [0.4, 0.5) is 0 Å². The van der Waals surface area contributed by atoms with Gasteiger partial charge < -0.3 is 0 Å². The van der Waals surface area contributed by atoms with Gasteiger partial charge in [-0.3, -0.25) is 0 Å². The molecule has 0 nitrogen and oxygen atoms in total. The summed E-state index contributed by atoms with van der Waals surface area (Å²) in [6.07, 6.45) is 0. The minimum Gasteiger partial charge on any atom is -0.0622 e. The zero-order valence-electron chi connectivity index (χ0n) is 59.1. The smallest absolute Gasteiger partial charge is 0.00761 e. The molecule has 0 bridgehead atoms. The van der Waals surface area contributed by atoms with Crippen LogP contribution in [-0.4, -0.2) is 0 Å². The first kappa shape index (κ1) is 68.1. The quantitative estimate of drug-likeness (QED) is 0.156. The highest BCUT2D eigenvalue weighted by Gasteiger charge is 2.09. The molecule has 0 radical (unpaired) electrons. The van der Waals surface area contributed by atoms with Crippen molar-refractivity contribution >= 4 is 64.6 Å². The molecule has 18 rings (SSSR count). The van der Waals surface area contributed by atoms with Crippen molar-refractivity contribution in [3.05, 3.63) is 434 Å². The Kier molecular flexibility index (Phi) is 22.0. The van der Waals surface area contributed by atoms with Gasteiger partial charge in [0.05, 0.1) is 0 Å². The van der Waals surface area contributed by atoms with Crippen LogP contribution in [0.25, 0.3) is 131 Å². The van der Waals surface area contributed by atoms with Gasteiger partial charge in [0.1, 0.15) is 0 Å². The number of aryl methyl sites for hydroxylation is 6. The highest BCUT2D eigenvalue weighted by molar-refractivity contribution is 6.00. The predicted octanol–water partition coefficient (Wildman–Crippen LogP) is 28.9.